The van der Waals surface area contributed by atoms with E-state index >= 15 is 0 Å². The second-order valence-electron chi connectivity index (χ2n) is 12.7. The zero-order valence-corrected chi connectivity index (χ0v) is 31.4. The minimum absolute atomic E-state index is 0.00228. The predicted octanol–water partition coefficient (Wildman–Crippen LogP) is -0.697. The average Bonchev–Trinajstić information content (AvgIpc) is 3.64. The number of nitrogens with zero attached hydrogens (tertiary/aromatic N) is 1. The van der Waals surface area contributed by atoms with Crippen molar-refractivity contribution in [2.24, 2.45) is 22.4 Å². The number of hydrogen-bond donors (Lipinski definition) is 8. The Labute approximate surface area is 309 Å². The molecular weight excluding hydrogens is 706 g/mol. The van der Waals surface area contributed by atoms with E-state index in [2.05, 4.69) is 36.9 Å². The summed E-state index contributed by atoms with van der Waals surface area (Å²) >= 11 is 7.49. The molecule has 51 heavy (non-hydrogen) atoms. The number of amides is 6. The fourth-order valence-corrected chi connectivity index (χ4v) is 7.14. The number of unbranched alkanes of at least 4 members (excludes halogenated alkanes) is 1. The summed E-state index contributed by atoms with van der Waals surface area (Å²) in [4.78, 5) is 65.3. The van der Waals surface area contributed by atoms with Crippen molar-refractivity contribution in [1.29, 1.82) is 0 Å². The highest BCUT2D eigenvalue weighted by Gasteiger charge is 2.42. The van der Waals surface area contributed by atoms with Crippen LogP contribution in [0.1, 0.15) is 58.8 Å². The topological polar surface area (TPSA) is 250 Å². The Morgan fingerprint density at radius 3 is 2.20 bits per heavy atom. The van der Waals surface area contributed by atoms with E-state index < -0.39 is 29.8 Å². The quantitative estimate of drug-likeness (QED) is 0.0163. The van der Waals surface area contributed by atoms with Gasteiger partial charge in [0.25, 0.3) is 0 Å². The number of carbonyl (C=O) groups is 5. The number of halogens is 1. The van der Waals surface area contributed by atoms with Gasteiger partial charge in [-0.05, 0) is 38.0 Å². The van der Waals surface area contributed by atoms with E-state index in [-0.39, 0.29) is 67.9 Å². The number of nitrogens with two attached hydrogens (primary N) is 2. The number of alkyl halides is 1. The third-order valence-electron chi connectivity index (χ3n) is 8.00. The van der Waals surface area contributed by atoms with Crippen molar-refractivity contribution in [3.8, 4) is 0 Å². The molecule has 0 aromatic rings. The normalized spacial score (nSPS) is 19.0. The number of hydrogen-bond acceptors (Lipinski definition) is 10. The Morgan fingerprint density at radius 1 is 0.882 bits per heavy atom. The summed E-state index contributed by atoms with van der Waals surface area (Å²) in [5.41, 5.74) is 10.8. The molecule has 0 aromatic carbocycles. The molecule has 0 radical (unpaired) electrons. The number of nitrogens with one attached hydrogen (secondary N) is 6. The minimum Gasteiger partial charge on any atom is -0.377 e. The van der Waals surface area contributed by atoms with Crippen LogP contribution in [-0.2, 0) is 33.4 Å². The summed E-state index contributed by atoms with van der Waals surface area (Å²) in [6.07, 6.45) is 4.29. The first-order valence-electron chi connectivity index (χ1n) is 17.7. The van der Waals surface area contributed by atoms with Crippen molar-refractivity contribution >= 4 is 59.0 Å². The third-order valence-corrected chi connectivity index (χ3v) is 9.75. The molecule has 292 valence electrons. The van der Waals surface area contributed by atoms with E-state index in [4.69, 9.17) is 37.3 Å². The highest BCUT2D eigenvalue weighted by atomic mass is 35.5. The lowest BCUT2D eigenvalue weighted by Crippen LogP contribution is -2.54. The van der Waals surface area contributed by atoms with E-state index in [0.717, 1.165) is 25.0 Å². The van der Waals surface area contributed by atoms with Crippen molar-refractivity contribution in [1.82, 2.24) is 31.9 Å². The highest BCUT2D eigenvalue weighted by Crippen LogP contribution is 2.33. The second-order valence-corrected chi connectivity index (χ2v) is 14.3. The maximum absolute atomic E-state index is 13.0. The zero-order valence-electron chi connectivity index (χ0n) is 29.8. The molecule has 2 saturated heterocycles. The molecule has 0 unspecified atom stereocenters. The van der Waals surface area contributed by atoms with Crippen molar-refractivity contribution in [3.63, 3.8) is 0 Å². The molecule has 10 N–H and O–H groups in total. The lowest BCUT2D eigenvalue weighted by Gasteiger charge is -2.24. The molecule has 0 aromatic heterocycles. The molecule has 0 spiro atoms. The smallest absolute Gasteiger partial charge is 0.315 e. The summed E-state index contributed by atoms with van der Waals surface area (Å²) in [7, 11) is 0. The highest BCUT2D eigenvalue weighted by molar-refractivity contribution is 8.00. The maximum Gasteiger partial charge on any atom is 0.315 e. The Balaban J connectivity index is 1.50. The molecule has 2 heterocycles. The number of urea groups is 1. The summed E-state index contributed by atoms with van der Waals surface area (Å²) in [6.45, 7) is 6.79. The minimum atomic E-state index is -0.873. The van der Waals surface area contributed by atoms with E-state index in [0.29, 0.717) is 64.1 Å². The number of rotatable bonds is 28. The Bertz CT molecular complexity index is 1120. The van der Waals surface area contributed by atoms with Gasteiger partial charge in [-0.25, -0.2) is 4.79 Å². The average molecular weight is 764 g/mol. The van der Waals surface area contributed by atoms with Crippen LogP contribution in [0, 0.1) is 5.92 Å². The molecule has 2 aliphatic heterocycles. The first kappa shape index (κ1) is 44.1. The van der Waals surface area contributed by atoms with Crippen molar-refractivity contribution in [3.05, 3.63) is 0 Å². The van der Waals surface area contributed by atoms with Gasteiger partial charge in [-0.15, -0.1) is 11.6 Å². The van der Waals surface area contributed by atoms with Crippen LogP contribution in [0.15, 0.2) is 4.99 Å². The lowest BCUT2D eigenvalue weighted by molar-refractivity contribution is -0.132. The first-order chi connectivity index (χ1) is 24.5. The summed E-state index contributed by atoms with van der Waals surface area (Å²) < 4.78 is 16.5. The van der Waals surface area contributed by atoms with Gasteiger partial charge in [0.15, 0.2) is 5.96 Å². The van der Waals surface area contributed by atoms with Crippen LogP contribution < -0.4 is 43.4 Å². The van der Waals surface area contributed by atoms with Gasteiger partial charge in [0, 0.05) is 37.1 Å². The van der Waals surface area contributed by atoms with Gasteiger partial charge in [-0.3, -0.25) is 24.2 Å². The van der Waals surface area contributed by atoms with Gasteiger partial charge in [-0.1, -0.05) is 20.3 Å². The van der Waals surface area contributed by atoms with Crippen LogP contribution in [0.25, 0.3) is 0 Å². The summed E-state index contributed by atoms with van der Waals surface area (Å²) in [5.74, 6) is -0.652. The molecule has 6 amide bonds. The van der Waals surface area contributed by atoms with Gasteiger partial charge in [0.05, 0.1) is 51.7 Å². The number of ether oxygens (including phenoxy) is 3. The number of guanidine groups is 1. The van der Waals surface area contributed by atoms with Crippen molar-refractivity contribution < 1.29 is 38.2 Å². The van der Waals surface area contributed by atoms with Gasteiger partial charge in [0.1, 0.15) is 18.0 Å². The number of fused-ring (bicyclic) bond motifs is 1. The van der Waals surface area contributed by atoms with Crippen LogP contribution in [0.4, 0.5) is 4.79 Å². The van der Waals surface area contributed by atoms with Crippen LogP contribution >= 0.6 is 23.4 Å². The number of carbonyl (C=O) groups excluding carboxylic acids is 5. The van der Waals surface area contributed by atoms with Crippen LogP contribution in [0.2, 0.25) is 0 Å². The molecule has 2 fully saturated rings. The molecule has 2 aliphatic rings. The molecule has 19 heteroatoms. The second kappa shape index (κ2) is 25.8. The molecule has 0 aliphatic carbocycles. The molecule has 17 nitrogen and oxygen atoms in total. The Kier molecular flexibility index (Phi) is 22.3. The van der Waals surface area contributed by atoms with E-state index in [1.807, 2.05) is 25.6 Å². The predicted molar refractivity (Wildman–Crippen MR) is 196 cm³/mol. The van der Waals surface area contributed by atoms with Crippen molar-refractivity contribution in [2.45, 2.75) is 88.2 Å². The Morgan fingerprint density at radius 2 is 1.55 bits per heavy atom. The van der Waals surface area contributed by atoms with Gasteiger partial charge < -0.3 is 57.6 Å². The van der Waals surface area contributed by atoms with Gasteiger partial charge in [-0.2, -0.15) is 11.8 Å². The summed E-state index contributed by atoms with van der Waals surface area (Å²) in [5, 5.41) is 17.3. The molecule has 0 saturated carbocycles. The largest absolute Gasteiger partial charge is 0.377 e. The summed E-state index contributed by atoms with van der Waals surface area (Å²) in [6, 6.07) is -1.37. The Hall–Kier alpha value is -3.06. The molecular formula is C32H58ClN9O8S. The third kappa shape index (κ3) is 19.4. The lowest BCUT2D eigenvalue weighted by atomic mass is 10.0. The molecule has 0 bridgehead atoms. The van der Waals surface area contributed by atoms with Crippen molar-refractivity contribution in [2.75, 3.05) is 70.9 Å². The first-order valence-corrected chi connectivity index (χ1v) is 19.3. The molecule has 2 rings (SSSR count). The SMILES string of the molecule is CC(C)C[C@H](NC(=O)CCl)C(=O)N[C@@H](CCCN=C(N)N)C(=O)NCCOCCOCCOCCNC(=O)CCCC[C@@H]1SC[C@@H]2NC(=O)N[C@@H]21. The van der Waals surface area contributed by atoms with Gasteiger partial charge >= 0.3 is 6.03 Å². The number of aliphatic imine (C=N–C) groups is 1. The van der Waals surface area contributed by atoms with Crippen LogP contribution in [0.3, 0.4) is 0 Å². The van der Waals surface area contributed by atoms with E-state index in [9.17, 15) is 24.0 Å². The van der Waals surface area contributed by atoms with E-state index in [1.165, 1.54) is 0 Å². The number of thioether (sulfide) groups is 1. The maximum atomic E-state index is 13.0. The monoisotopic (exact) mass is 763 g/mol. The van der Waals surface area contributed by atoms with Crippen LogP contribution in [0.5, 0.6) is 0 Å². The van der Waals surface area contributed by atoms with Crippen LogP contribution in [-0.4, -0.2) is 136 Å². The fraction of sp³-hybridized carbons (Fsp3) is 0.812. The van der Waals surface area contributed by atoms with E-state index in [1.54, 1.807) is 0 Å². The molecule has 5 atom stereocenters. The standard InChI is InChI=1S/C32H58ClN9O8S/c1-21(2)18-23(39-27(44)19-33)30(46)40-22(6-5-9-38-31(34)35)29(45)37-11-13-49-15-17-50-16-14-48-12-10-36-26(43)8-4-3-7-25-28-24(20-51-25)41-32(47)42-28/h21-25,28H,3-20H2,1-2H3,(H,36,43)(H,37,45)(H,39,44)(H,40,46)(H4,34,35,38)(H2,41,42,47)/t22-,23-,24-,25-,28-/m0/s1. The van der Waals surface area contributed by atoms with Gasteiger partial charge in [0.2, 0.25) is 23.6 Å². The zero-order chi connectivity index (χ0) is 37.4. The fourth-order valence-electron chi connectivity index (χ4n) is 5.52.